The van der Waals surface area contributed by atoms with Crippen LogP contribution in [0.5, 0.6) is 5.75 Å². The van der Waals surface area contributed by atoms with Crippen LogP contribution in [0.1, 0.15) is 5.56 Å². The number of amides is 1. The van der Waals surface area contributed by atoms with Gasteiger partial charge in [-0.2, -0.15) is 0 Å². The standard InChI is InChI=1S/C15H12BrFINO2/c1-9-6-11(18)3-4-13(9)19-15(20)8-21-14-5-2-10(16)7-12(14)17/h2-7H,8H2,1H3,(H,19,20). The lowest BCUT2D eigenvalue weighted by Gasteiger charge is -2.10. The van der Waals surface area contributed by atoms with Gasteiger partial charge in [-0.3, -0.25) is 4.79 Å². The molecule has 1 N–H and O–H groups in total. The van der Waals surface area contributed by atoms with E-state index in [9.17, 15) is 9.18 Å². The Bertz CT molecular complexity index is 679. The van der Waals surface area contributed by atoms with Crippen LogP contribution < -0.4 is 10.1 Å². The van der Waals surface area contributed by atoms with E-state index in [1.807, 2.05) is 25.1 Å². The first-order valence-electron chi connectivity index (χ1n) is 6.09. The van der Waals surface area contributed by atoms with Crippen LogP contribution in [0, 0.1) is 16.3 Å². The highest BCUT2D eigenvalue weighted by molar-refractivity contribution is 14.1. The molecule has 0 aliphatic carbocycles. The number of anilines is 1. The molecular weight excluding hydrogens is 452 g/mol. The zero-order valence-corrected chi connectivity index (χ0v) is 14.9. The molecule has 0 saturated heterocycles. The molecule has 0 radical (unpaired) electrons. The van der Waals surface area contributed by atoms with Gasteiger partial charge >= 0.3 is 0 Å². The van der Waals surface area contributed by atoms with Gasteiger partial charge in [-0.05, 0) is 71.5 Å². The van der Waals surface area contributed by atoms with E-state index in [0.717, 1.165) is 14.8 Å². The number of carbonyl (C=O) groups is 1. The van der Waals surface area contributed by atoms with Gasteiger partial charge in [0.25, 0.3) is 5.91 Å². The van der Waals surface area contributed by atoms with Crippen molar-refractivity contribution in [1.29, 1.82) is 0 Å². The number of benzene rings is 2. The fourth-order valence-corrected chi connectivity index (χ4v) is 2.67. The van der Waals surface area contributed by atoms with E-state index in [1.165, 1.54) is 12.1 Å². The Kier molecular flexibility index (Phi) is 5.58. The molecule has 0 unspecified atom stereocenters. The van der Waals surface area contributed by atoms with Crippen LogP contribution in [-0.4, -0.2) is 12.5 Å². The number of rotatable bonds is 4. The Labute approximate surface area is 144 Å². The molecule has 2 aromatic rings. The molecule has 110 valence electrons. The number of ether oxygens (including phenoxy) is 1. The second kappa shape index (κ2) is 7.22. The first-order valence-corrected chi connectivity index (χ1v) is 7.97. The SMILES string of the molecule is Cc1cc(I)ccc1NC(=O)COc1ccc(Br)cc1F. The summed E-state index contributed by atoms with van der Waals surface area (Å²) in [6.45, 7) is 1.66. The van der Waals surface area contributed by atoms with E-state index < -0.39 is 5.82 Å². The Morgan fingerprint density at radius 2 is 2.10 bits per heavy atom. The van der Waals surface area contributed by atoms with E-state index in [2.05, 4.69) is 43.8 Å². The molecule has 0 aliphatic rings. The van der Waals surface area contributed by atoms with Crippen molar-refractivity contribution in [3.05, 3.63) is 55.8 Å². The number of hydrogen-bond donors (Lipinski definition) is 1. The maximum atomic E-state index is 13.5. The lowest BCUT2D eigenvalue weighted by molar-refractivity contribution is -0.118. The third-order valence-corrected chi connectivity index (χ3v) is 3.88. The van der Waals surface area contributed by atoms with Crippen molar-refractivity contribution in [3.63, 3.8) is 0 Å². The largest absolute Gasteiger partial charge is 0.481 e. The number of carbonyl (C=O) groups excluding carboxylic acids is 1. The first kappa shape index (κ1) is 16.2. The van der Waals surface area contributed by atoms with Crippen LogP contribution in [0.15, 0.2) is 40.9 Å². The molecule has 2 aromatic carbocycles. The molecule has 0 saturated carbocycles. The summed E-state index contributed by atoms with van der Waals surface area (Å²) in [7, 11) is 0. The maximum absolute atomic E-state index is 13.5. The van der Waals surface area contributed by atoms with Crippen LogP contribution in [0.3, 0.4) is 0 Å². The van der Waals surface area contributed by atoms with Crippen molar-refractivity contribution >= 4 is 50.1 Å². The zero-order valence-electron chi connectivity index (χ0n) is 11.1. The van der Waals surface area contributed by atoms with Crippen molar-refractivity contribution < 1.29 is 13.9 Å². The van der Waals surface area contributed by atoms with Gasteiger partial charge in [-0.1, -0.05) is 15.9 Å². The van der Waals surface area contributed by atoms with E-state index in [1.54, 1.807) is 6.07 Å². The molecule has 0 spiro atoms. The Hall–Kier alpha value is -1.15. The number of halogens is 3. The highest BCUT2D eigenvalue weighted by atomic mass is 127. The Balaban J connectivity index is 1.96. The van der Waals surface area contributed by atoms with Gasteiger partial charge in [0.15, 0.2) is 18.2 Å². The molecular formula is C15H12BrFINO2. The average molecular weight is 464 g/mol. The minimum Gasteiger partial charge on any atom is -0.481 e. The molecule has 0 aromatic heterocycles. The molecule has 1 amide bonds. The van der Waals surface area contributed by atoms with E-state index in [4.69, 9.17) is 4.74 Å². The van der Waals surface area contributed by atoms with Gasteiger partial charge in [-0.15, -0.1) is 0 Å². The molecule has 0 aliphatic heterocycles. The summed E-state index contributed by atoms with van der Waals surface area (Å²) in [5.74, 6) is -0.795. The topological polar surface area (TPSA) is 38.3 Å². The predicted molar refractivity (Wildman–Crippen MR) is 92.1 cm³/mol. The fraction of sp³-hybridized carbons (Fsp3) is 0.133. The summed E-state index contributed by atoms with van der Waals surface area (Å²) >= 11 is 5.36. The fourth-order valence-electron chi connectivity index (χ4n) is 1.69. The quantitative estimate of drug-likeness (QED) is 0.677. The van der Waals surface area contributed by atoms with Gasteiger partial charge in [0.05, 0.1) is 0 Å². The molecule has 0 heterocycles. The zero-order chi connectivity index (χ0) is 15.4. The summed E-state index contributed by atoms with van der Waals surface area (Å²) in [5, 5.41) is 2.74. The van der Waals surface area contributed by atoms with Crippen molar-refractivity contribution in [1.82, 2.24) is 0 Å². The number of hydrogen-bond acceptors (Lipinski definition) is 2. The highest BCUT2D eigenvalue weighted by Crippen LogP contribution is 2.21. The van der Waals surface area contributed by atoms with Crippen molar-refractivity contribution in [3.8, 4) is 5.75 Å². The third kappa shape index (κ3) is 4.67. The summed E-state index contributed by atoms with van der Waals surface area (Å²) in [5.41, 5.74) is 1.69. The van der Waals surface area contributed by atoms with Crippen LogP contribution in [0.4, 0.5) is 10.1 Å². The molecule has 0 atom stereocenters. The minimum atomic E-state index is -0.511. The van der Waals surface area contributed by atoms with Gasteiger partial charge in [0.2, 0.25) is 0 Å². The molecule has 2 rings (SSSR count). The van der Waals surface area contributed by atoms with E-state index >= 15 is 0 Å². The molecule has 0 bridgehead atoms. The summed E-state index contributed by atoms with van der Waals surface area (Å²) < 4.78 is 20.4. The van der Waals surface area contributed by atoms with Gasteiger partial charge in [0, 0.05) is 13.7 Å². The van der Waals surface area contributed by atoms with Crippen molar-refractivity contribution in [2.75, 3.05) is 11.9 Å². The summed E-state index contributed by atoms with van der Waals surface area (Å²) in [6.07, 6.45) is 0. The third-order valence-electron chi connectivity index (χ3n) is 2.72. The van der Waals surface area contributed by atoms with E-state index in [0.29, 0.717) is 4.47 Å². The average Bonchev–Trinajstić information content (AvgIpc) is 2.41. The Morgan fingerprint density at radius 1 is 1.33 bits per heavy atom. The lowest BCUT2D eigenvalue weighted by atomic mass is 10.2. The molecule has 3 nitrogen and oxygen atoms in total. The summed E-state index contributed by atoms with van der Waals surface area (Å²) in [4.78, 5) is 11.8. The lowest BCUT2D eigenvalue weighted by Crippen LogP contribution is -2.21. The molecule has 6 heteroatoms. The second-order valence-electron chi connectivity index (χ2n) is 4.37. The van der Waals surface area contributed by atoms with Crippen molar-refractivity contribution in [2.24, 2.45) is 0 Å². The predicted octanol–water partition coefficient (Wildman–Crippen LogP) is 4.52. The van der Waals surface area contributed by atoms with Crippen molar-refractivity contribution in [2.45, 2.75) is 6.92 Å². The molecule has 0 fully saturated rings. The van der Waals surface area contributed by atoms with Crippen LogP contribution in [0.2, 0.25) is 0 Å². The first-order chi connectivity index (χ1) is 9.95. The van der Waals surface area contributed by atoms with Gasteiger partial charge < -0.3 is 10.1 Å². The number of aryl methyl sites for hydroxylation is 1. The Morgan fingerprint density at radius 3 is 2.76 bits per heavy atom. The van der Waals surface area contributed by atoms with Crippen LogP contribution in [0.25, 0.3) is 0 Å². The van der Waals surface area contributed by atoms with Gasteiger partial charge in [-0.25, -0.2) is 4.39 Å². The molecule has 21 heavy (non-hydrogen) atoms. The van der Waals surface area contributed by atoms with Gasteiger partial charge in [0.1, 0.15) is 0 Å². The minimum absolute atomic E-state index is 0.0488. The normalized spacial score (nSPS) is 10.3. The van der Waals surface area contributed by atoms with E-state index in [-0.39, 0.29) is 18.3 Å². The monoisotopic (exact) mass is 463 g/mol. The maximum Gasteiger partial charge on any atom is 0.262 e. The summed E-state index contributed by atoms with van der Waals surface area (Å²) in [6, 6.07) is 10.1. The smallest absolute Gasteiger partial charge is 0.262 e. The van der Waals surface area contributed by atoms with Crippen LogP contribution >= 0.6 is 38.5 Å². The number of nitrogens with one attached hydrogen (secondary N) is 1. The second-order valence-corrected chi connectivity index (χ2v) is 6.53. The highest BCUT2D eigenvalue weighted by Gasteiger charge is 2.09. The van der Waals surface area contributed by atoms with Crippen LogP contribution in [-0.2, 0) is 4.79 Å².